The van der Waals surface area contributed by atoms with E-state index in [1.165, 1.54) is 10.4 Å². The smallest absolute Gasteiger partial charge is 0.261 e. The molecule has 4 rings (SSSR count). The molecule has 0 radical (unpaired) electrons. The van der Waals surface area contributed by atoms with Crippen molar-refractivity contribution in [2.75, 3.05) is 12.4 Å². The topological polar surface area (TPSA) is 52.6 Å². The van der Waals surface area contributed by atoms with Crippen LogP contribution in [0.5, 0.6) is 0 Å². The zero-order chi connectivity index (χ0) is 26.5. The van der Waals surface area contributed by atoms with Crippen LogP contribution in [0.15, 0.2) is 95.9 Å². The van der Waals surface area contributed by atoms with Crippen LogP contribution in [0.3, 0.4) is 0 Å². The highest BCUT2D eigenvalue weighted by Crippen LogP contribution is 2.37. The summed E-state index contributed by atoms with van der Waals surface area (Å²) in [5.41, 5.74) is 0. The van der Waals surface area contributed by atoms with Crippen LogP contribution in [0.1, 0.15) is 47.0 Å². The normalized spacial score (nSPS) is 19.9. The van der Waals surface area contributed by atoms with E-state index in [2.05, 4.69) is 81.4 Å². The molecular weight excluding hydrogens is 496 g/mol. The molecule has 0 spiro atoms. The van der Waals surface area contributed by atoms with Crippen molar-refractivity contribution < 1.29 is 17.6 Å². The zero-order valence-corrected chi connectivity index (χ0v) is 24.3. The van der Waals surface area contributed by atoms with Crippen molar-refractivity contribution in [3.05, 3.63) is 91.0 Å². The van der Waals surface area contributed by atoms with Crippen molar-refractivity contribution in [3.63, 3.8) is 0 Å². The van der Waals surface area contributed by atoms with Crippen molar-refractivity contribution in [1.29, 1.82) is 0 Å². The van der Waals surface area contributed by atoms with E-state index in [4.69, 9.17) is 9.16 Å². The van der Waals surface area contributed by atoms with Gasteiger partial charge in [-0.25, -0.2) is 8.42 Å². The highest BCUT2D eigenvalue weighted by Gasteiger charge is 2.50. The second-order valence-electron chi connectivity index (χ2n) is 11.3. The SMILES string of the molecule is CC(CS(=O)(=O)c1ccccc1)[C@@H]1CCC[C@@H](CO[Si](c2ccccc2)(c2ccccc2)C(C)(C)C)O1. The summed E-state index contributed by atoms with van der Waals surface area (Å²) < 4.78 is 39.6. The van der Waals surface area contributed by atoms with E-state index in [1.807, 2.05) is 13.0 Å². The summed E-state index contributed by atoms with van der Waals surface area (Å²) in [6.45, 7) is 9.33. The third-order valence-electron chi connectivity index (χ3n) is 7.50. The van der Waals surface area contributed by atoms with Gasteiger partial charge in [0.25, 0.3) is 8.32 Å². The molecule has 6 heteroatoms. The number of benzene rings is 3. The van der Waals surface area contributed by atoms with Crippen LogP contribution in [0.25, 0.3) is 0 Å². The zero-order valence-electron chi connectivity index (χ0n) is 22.5. The Morgan fingerprint density at radius 2 is 1.38 bits per heavy atom. The van der Waals surface area contributed by atoms with Gasteiger partial charge in [0.05, 0.1) is 29.5 Å². The fraction of sp³-hybridized carbons (Fsp3) is 0.419. The molecule has 0 aliphatic carbocycles. The first-order chi connectivity index (χ1) is 17.6. The summed E-state index contributed by atoms with van der Waals surface area (Å²) >= 11 is 0. The Kier molecular flexibility index (Phi) is 8.74. The minimum Gasteiger partial charge on any atom is -0.405 e. The van der Waals surface area contributed by atoms with Crippen molar-refractivity contribution >= 4 is 28.5 Å². The lowest BCUT2D eigenvalue weighted by atomic mass is 9.96. The van der Waals surface area contributed by atoms with Crippen LogP contribution in [0, 0.1) is 5.92 Å². The Morgan fingerprint density at radius 1 is 0.865 bits per heavy atom. The Labute approximate surface area is 224 Å². The standard InChI is InChI=1S/C31H40O4SSi/c1-25(24-36(32,33)27-16-8-5-9-17-27)30-22-14-15-26(35-30)23-34-37(31(2,3)4,28-18-10-6-11-19-28)29-20-12-7-13-21-29/h5-13,16-21,25-26,30H,14-15,22-24H2,1-4H3/t25?,26-,30-/m0/s1. The van der Waals surface area contributed by atoms with Gasteiger partial charge in [-0.1, -0.05) is 107 Å². The van der Waals surface area contributed by atoms with Gasteiger partial charge in [0, 0.05) is 0 Å². The van der Waals surface area contributed by atoms with Gasteiger partial charge >= 0.3 is 0 Å². The summed E-state index contributed by atoms with van der Waals surface area (Å²) in [7, 11) is -6.00. The summed E-state index contributed by atoms with van der Waals surface area (Å²) in [6.07, 6.45) is 2.66. The molecule has 1 fully saturated rings. The van der Waals surface area contributed by atoms with Gasteiger partial charge in [0.1, 0.15) is 0 Å². The van der Waals surface area contributed by atoms with Crippen molar-refractivity contribution in [2.24, 2.45) is 5.92 Å². The lowest BCUT2D eigenvalue weighted by Crippen LogP contribution is -2.67. The van der Waals surface area contributed by atoms with Crippen LogP contribution in [-0.4, -0.2) is 41.3 Å². The Morgan fingerprint density at radius 3 is 1.89 bits per heavy atom. The monoisotopic (exact) mass is 536 g/mol. The first kappa shape index (κ1) is 27.8. The van der Waals surface area contributed by atoms with Crippen LogP contribution < -0.4 is 10.4 Å². The molecule has 3 aromatic carbocycles. The number of sulfone groups is 1. The summed E-state index contributed by atoms with van der Waals surface area (Å²) in [4.78, 5) is 0.379. The van der Waals surface area contributed by atoms with Gasteiger partial charge in [-0.3, -0.25) is 0 Å². The van der Waals surface area contributed by atoms with Gasteiger partial charge in [-0.2, -0.15) is 0 Å². The third-order valence-corrected chi connectivity index (χ3v) is 14.5. The molecule has 4 nitrogen and oxygen atoms in total. The van der Waals surface area contributed by atoms with Gasteiger partial charge < -0.3 is 9.16 Å². The van der Waals surface area contributed by atoms with E-state index in [-0.39, 0.29) is 28.9 Å². The van der Waals surface area contributed by atoms with E-state index < -0.39 is 18.2 Å². The third kappa shape index (κ3) is 6.25. The Hall–Kier alpha value is -2.25. The first-order valence-corrected chi connectivity index (χ1v) is 16.9. The van der Waals surface area contributed by atoms with E-state index in [1.54, 1.807) is 24.3 Å². The molecule has 198 valence electrons. The van der Waals surface area contributed by atoms with E-state index in [0.717, 1.165) is 19.3 Å². The molecule has 0 saturated carbocycles. The van der Waals surface area contributed by atoms with Gasteiger partial charge in [-0.05, 0) is 52.7 Å². The minimum absolute atomic E-state index is 0.0534. The maximum atomic E-state index is 13.0. The largest absolute Gasteiger partial charge is 0.405 e. The van der Waals surface area contributed by atoms with Gasteiger partial charge in [0.2, 0.25) is 0 Å². The fourth-order valence-electron chi connectivity index (χ4n) is 5.63. The molecule has 3 aromatic rings. The number of ether oxygens (including phenoxy) is 1. The molecule has 37 heavy (non-hydrogen) atoms. The summed E-state index contributed by atoms with van der Waals surface area (Å²) in [6, 6.07) is 30.0. The van der Waals surface area contributed by atoms with Crippen molar-refractivity contribution in [1.82, 2.24) is 0 Å². The molecule has 0 bridgehead atoms. The number of rotatable bonds is 9. The second-order valence-corrected chi connectivity index (χ2v) is 17.6. The van der Waals surface area contributed by atoms with E-state index in [0.29, 0.717) is 11.5 Å². The minimum atomic E-state index is -3.36. The van der Waals surface area contributed by atoms with E-state index in [9.17, 15) is 8.42 Å². The molecule has 3 atom stereocenters. The predicted octanol–water partition coefficient (Wildman–Crippen LogP) is 5.61. The molecule has 1 aliphatic heterocycles. The molecule has 1 heterocycles. The predicted molar refractivity (Wildman–Crippen MR) is 154 cm³/mol. The average molecular weight is 537 g/mol. The summed E-state index contributed by atoms with van der Waals surface area (Å²) in [5, 5.41) is 2.41. The van der Waals surface area contributed by atoms with Crippen molar-refractivity contribution in [2.45, 2.75) is 69.1 Å². The number of hydrogen-bond donors (Lipinski definition) is 0. The molecule has 1 unspecified atom stereocenters. The summed E-state index contributed by atoms with van der Waals surface area (Å²) in [5.74, 6) is -0.00915. The fourth-order valence-corrected chi connectivity index (χ4v) is 11.9. The molecule has 0 amide bonds. The van der Waals surface area contributed by atoms with Crippen LogP contribution in [0.2, 0.25) is 5.04 Å². The van der Waals surface area contributed by atoms with Crippen molar-refractivity contribution in [3.8, 4) is 0 Å². The van der Waals surface area contributed by atoms with E-state index >= 15 is 0 Å². The molecule has 1 aliphatic rings. The van der Waals surface area contributed by atoms with Gasteiger partial charge in [0.15, 0.2) is 9.84 Å². The average Bonchev–Trinajstić information content (AvgIpc) is 2.90. The second kappa shape index (κ2) is 11.6. The highest BCUT2D eigenvalue weighted by molar-refractivity contribution is 7.91. The molecule has 0 N–H and O–H groups in total. The maximum absolute atomic E-state index is 13.0. The van der Waals surface area contributed by atoms with Crippen LogP contribution in [0.4, 0.5) is 0 Å². The lowest BCUT2D eigenvalue weighted by molar-refractivity contribution is -0.0863. The molecular formula is C31H40O4SSi. The first-order valence-electron chi connectivity index (χ1n) is 13.3. The van der Waals surface area contributed by atoms with Crippen LogP contribution in [-0.2, 0) is 19.0 Å². The van der Waals surface area contributed by atoms with Gasteiger partial charge in [-0.15, -0.1) is 0 Å². The number of hydrogen-bond acceptors (Lipinski definition) is 4. The highest BCUT2D eigenvalue weighted by atomic mass is 32.2. The quantitative estimate of drug-likeness (QED) is 0.334. The molecule has 1 saturated heterocycles. The van der Waals surface area contributed by atoms with Crippen LogP contribution >= 0.6 is 0 Å². The lowest BCUT2D eigenvalue weighted by Gasteiger charge is -2.44. The maximum Gasteiger partial charge on any atom is 0.261 e. The Bertz CT molecular complexity index is 1180. The molecule has 0 aromatic heterocycles. The Balaban J connectivity index is 1.52.